The third-order valence-corrected chi connectivity index (χ3v) is 5.93. The molecule has 4 rings (SSSR count). The molecule has 166 valence electrons. The van der Waals surface area contributed by atoms with E-state index in [4.69, 9.17) is 25.8 Å². The number of carbonyl (C=O) groups is 1. The van der Waals surface area contributed by atoms with E-state index in [2.05, 4.69) is 0 Å². The van der Waals surface area contributed by atoms with Crippen molar-refractivity contribution in [2.75, 3.05) is 13.1 Å². The Kier molecular flexibility index (Phi) is 5.54. The first-order valence-corrected chi connectivity index (χ1v) is 10.9. The lowest BCUT2D eigenvalue weighted by molar-refractivity contribution is -0.0684. The van der Waals surface area contributed by atoms with Gasteiger partial charge in [0.2, 0.25) is 0 Å². The van der Waals surface area contributed by atoms with Crippen LogP contribution >= 0.6 is 11.6 Å². The molecule has 1 unspecified atom stereocenters. The highest BCUT2D eigenvalue weighted by Crippen LogP contribution is 2.50. The molecule has 0 N–H and O–H groups in total. The van der Waals surface area contributed by atoms with Crippen LogP contribution in [0.2, 0.25) is 5.02 Å². The summed E-state index contributed by atoms with van der Waals surface area (Å²) in [4.78, 5) is 14.1. The van der Waals surface area contributed by atoms with Crippen LogP contribution in [0.1, 0.15) is 57.6 Å². The van der Waals surface area contributed by atoms with E-state index in [9.17, 15) is 9.18 Å². The number of hydrogen-bond acceptors (Lipinski definition) is 4. The Morgan fingerprint density at radius 1 is 1.19 bits per heavy atom. The molecule has 1 fully saturated rings. The Labute approximate surface area is 187 Å². The number of likely N-dealkylation sites (tertiary alicyclic amines) is 1. The minimum atomic E-state index is -1.14. The van der Waals surface area contributed by atoms with Gasteiger partial charge in [-0.15, -0.1) is 0 Å². The van der Waals surface area contributed by atoms with Crippen molar-refractivity contribution in [3.05, 3.63) is 58.4 Å². The minimum Gasteiger partial charge on any atom is -0.444 e. The number of carbonyl (C=O) groups excluding carboxylic acids is 1. The van der Waals surface area contributed by atoms with Crippen molar-refractivity contribution >= 4 is 17.7 Å². The molecule has 7 heteroatoms. The van der Waals surface area contributed by atoms with Crippen molar-refractivity contribution in [1.29, 1.82) is 0 Å². The van der Waals surface area contributed by atoms with Gasteiger partial charge in [0, 0.05) is 25.6 Å². The fraction of sp³-hybridized carbons (Fsp3) is 0.458. The molecular formula is C24H27ClFNO4. The smallest absolute Gasteiger partial charge is 0.410 e. The van der Waals surface area contributed by atoms with Gasteiger partial charge in [-0.25, -0.2) is 9.18 Å². The third-order valence-electron chi connectivity index (χ3n) is 5.62. The summed E-state index contributed by atoms with van der Waals surface area (Å²) >= 11 is 6.27. The van der Waals surface area contributed by atoms with Crippen LogP contribution in [0.15, 0.2) is 36.4 Å². The van der Waals surface area contributed by atoms with Crippen LogP contribution < -0.4 is 9.47 Å². The summed E-state index contributed by atoms with van der Waals surface area (Å²) in [6.07, 6.45) is 1.32. The van der Waals surface area contributed by atoms with Crippen molar-refractivity contribution in [1.82, 2.24) is 4.90 Å². The van der Waals surface area contributed by atoms with Crippen LogP contribution in [-0.4, -0.2) is 29.7 Å². The number of fused-ring (bicyclic) bond motifs is 1. The zero-order chi connectivity index (χ0) is 22.4. The van der Waals surface area contributed by atoms with Crippen LogP contribution in [0.3, 0.4) is 0 Å². The standard InChI is InChI=1S/C24H27ClFNO4/c1-23(2,3)31-22(28)27-12-10-15(11-13-27)17-6-5-7-20-21(17)30-24(4,29-20)18-9-8-16(26)14-19(18)25/h5-9,14-15H,10-13H2,1-4H3. The van der Waals surface area contributed by atoms with E-state index in [-0.39, 0.29) is 17.0 Å². The van der Waals surface area contributed by atoms with Crippen molar-refractivity contribution in [3.8, 4) is 11.5 Å². The van der Waals surface area contributed by atoms with Crippen LogP contribution in [-0.2, 0) is 10.5 Å². The fourth-order valence-corrected chi connectivity index (χ4v) is 4.48. The largest absolute Gasteiger partial charge is 0.444 e. The van der Waals surface area contributed by atoms with Gasteiger partial charge in [-0.3, -0.25) is 0 Å². The molecule has 2 aromatic rings. The molecule has 2 aliphatic rings. The lowest BCUT2D eigenvalue weighted by atomic mass is 9.89. The summed E-state index contributed by atoms with van der Waals surface area (Å²) in [6.45, 7) is 8.61. The molecule has 5 nitrogen and oxygen atoms in total. The number of amides is 1. The molecule has 2 heterocycles. The van der Waals surface area contributed by atoms with Crippen molar-refractivity contribution in [2.24, 2.45) is 0 Å². The van der Waals surface area contributed by atoms with Crippen molar-refractivity contribution in [3.63, 3.8) is 0 Å². The lowest BCUT2D eigenvalue weighted by Crippen LogP contribution is -2.41. The van der Waals surface area contributed by atoms with Gasteiger partial charge in [0.05, 0.1) is 10.6 Å². The Bertz CT molecular complexity index is 998. The number of ether oxygens (including phenoxy) is 3. The monoisotopic (exact) mass is 447 g/mol. The van der Waals surface area contributed by atoms with E-state index in [1.807, 2.05) is 39.0 Å². The molecule has 31 heavy (non-hydrogen) atoms. The maximum Gasteiger partial charge on any atom is 0.410 e. The summed E-state index contributed by atoms with van der Waals surface area (Å²) in [5, 5.41) is 0.252. The third kappa shape index (κ3) is 4.45. The summed E-state index contributed by atoms with van der Waals surface area (Å²) in [5.41, 5.74) is 1.10. The minimum absolute atomic E-state index is 0.225. The van der Waals surface area contributed by atoms with Gasteiger partial charge in [0.1, 0.15) is 11.4 Å². The van der Waals surface area contributed by atoms with E-state index in [0.29, 0.717) is 30.2 Å². The van der Waals surface area contributed by atoms with Gasteiger partial charge < -0.3 is 19.1 Å². The predicted octanol–water partition coefficient (Wildman–Crippen LogP) is 6.24. The predicted molar refractivity (Wildman–Crippen MR) is 116 cm³/mol. The normalized spacial score (nSPS) is 21.3. The summed E-state index contributed by atoms with van der Waals surface area (Å²) in [5.74, 6) is -0.00915. The average Bonchev–Trinajstić information content (AvgIpc) is 3.03. The first-order chi connectivity index (χ1) is 14.6. The highest BCUT2D eigenvalue weighted by Gasteiger charge is 2.42. The zero-order valence-electron chi connectivity index (χ0n) is 18.2. The molecule has 0 bridgehead atoms. The van der Waals surface area contributed by atoms with Gasteiger partial charge in [-0.2, -0.15) is 0 Å². The van der Waals surface area contributed by atoms with E-state index in [1.165, 1.54) is 12.1 Å². The topological polar surface area (TPSA) is 48.0 Å². The zero-order valence-corrected chi connectivity index (χ0v) is 19.0. The molecule has 2 aromatic carbocycles. The van der Waals surface area contributed by atoms with Gasteiger partial charge in [0.25, 0.3) is 5.79 Å². The van der Waals surface area contributed by atoms with E-state index < -0.39 is 17.2 Å². The Morgan fingerprint density at radius 3 is 2.55 bits per heavy atom. The summed E-state index contributed by atoms with van der Waals surface area (Å²) in [7, 11) is 0. The number of nitrogens with zero attached hydrogens (tertiary/aromatic N) is 1. The van der Waals surface area contributed by atoms with E-state index in [0.717, 1.165) is 18.4 Å². The average molecular weight is 448 g/mol. The number of hydrogen-bond donors (Lipinski definition) is 0. The van der Waals surface area contributed by atoms with Crippen LogP contribution in [0.25, 0.3) is 0 Å². The maximum absolute atomic E-state index is 13.5. The number of halogens is 2. The number of piperidine rings is 1. The SMILES string of the molecule is CC(C)(C)OC(=O)N1CCC(c2cccc3c2OC(C)(c2ccc(F)cc2Cl)O3)CC1. The molecule has 0 aliphatic carbocycles. The summed E-state index contributed by atoms with van der Waals surface area (Å²) in [6, 6.07) is 10.0. The van der Waals surface area contributed by atoms with Gasteiger partial charge in [-0.1, -0.05) is 23.7 Å². The van der Waals surface area contributed by atoms with E-state index in [1.54, 1.807) is 17.9 Å². The molecular weight excluding hydrogens is 421 g/mol. The van der Waals surface area contributed by atoms with Crippen molar-refractivity contribution in [2.45, 2.75) is 57.8 Å². The first-order valence-electron chi connectivity index (χ1n) is 10.5. The van der Waals surface area contributed by atoms with Gasteiger partial charge in [0.15, 0.2) is 11.5 Å². The first kappa shape index (κ1) is 21.8. The summed E-state index contributed by atoms with van der Waals surface area (Å²) < 4.78 is 31.4. The van der Waals surface area contributed by atoms with Gasteiger partial charge >= 0.3 is 6.09 Å². The number of para-hydroxylation sites is 1. The molecule has 0 spiro atoms. The van der Waals surface area contributed by atoms with Gasteiger partial charge in [-0.05, 0) is 63.8 Å². The molecule has 1 amide bonds. The second kappa shape index (κ2) is 7.90. The van der Waals surface area contributed by atoms with Crippen LogP contribution in [0.4, 0.5) is 9.18 Å². The molecule has 2 aliphatic heterocycles. The quantitative estimate of drug-likeness (QED) is 0.546. The Hall–Kier alpha value is -2.47. The Balaban J connectivity index is 1.51. The Morgan fingerprint density at radius 2 is 1.90 bits per heavy atom. The second-order valence-corrected chi connectivity index (χ2v) is 9.60. The molecule has 0 saturated carbocycles. The molecule has 0 radical (unpaired) electrons. The maximum atomic E-state index is 13.5. The second-order valence-electron chi connectivity index (χ2n) is 9.19. The van der Waals surface area contributed by atoms with Crippen LogP contribution in [0, 0.1) is 5.82 Å². The van der Waals surface area contributed by atoms with Crippen LogP contribution in [0.5, 0.6) is 11.5 Å². The van der Waals surface area contributed by atoms with E-state index >= 15 is 0 Å². The lowest BCUT2D eigenvalue weighted by Gasteiger charge is -2.34. The highest BCUT2D eigenvalue weighted by atomic mass is 35.5. The highest BCUT2D eigenvalue weighted by molar-refractivity contribution is 6.31. The molecule has 1 atom stereocenters. The van der Waals surface area contributed by atoms with Crippen molar-refractivity contribution < 1.29 is 23.4 Å². The molecule has 0 aromatic heterocycles. The number of benzene rings is 2. The number of rotatable bonds is 2. The fourth-order valence-electron chi connectivity index (χ4n) is 4.14. The molecule has 1 saturated heterocycles.